The Balaban J connectivity index is 0. The molecule has 0 radical (unpaired) electrons. The summed E-state index contributed by atoms with van der Waals surface area (Å²) in [5.41, 5.74) is 0. The van der Waals surface area contributed by atoms with E-state index in [4.69, 9.17) is 4.74 Å². The van der Waals surface area contributed by atoms with E-state index in [1.165, 1.54) is 19.4 Å². The van der Waals surface area contributed by atoms with Crippen molar-refractivity contribution >= 4 is 30.8 Å². The number of nitrogens with zero attached hydrogens (tertiary/aromatic N) is 2. The second kappa shape index (κ2) is 12.0. The number of hydrogen-bond donors (Lipinski definition) is 0. The maximum Gasteiger partial charge on any atom is 0.320 e. The van der Waals surface area contributed by atoms with Crippen molar-refractivity contribution < 1.29 is 9.53 Å². The van der Waals surface area contributed by atoms with Crippen LogP contribution in [0.1, 0.15) is 26.7 Å². The third-order valence-electron chi connectivity index (χ3n) is 2.95. The number of unbranched alkanes of at least 4 members (excludes halogenated alkanes) is 1. The lowest BCUT2D eigenvalue weighted by Gasteiger charge is -2.33. The first kappa shape index (κ1) is 20.3. The molecule has 1 aliphatic heterocycles. The van der Waals surface area contributed by atoms with Crippen LogP contribution in [0.5, 0.6) is 0 Å². The van der Waals surface area contributed by atoms with Crippen LogP contribution in [-0.4, -0.2) is 61.6 Å². The van der Waals surface area contributed by atoms with Gasteiger partial charge in [-0.25, -0.2) is 0 Å². The molecule has 6 heteroatoms. The van der Waals surface area contributed by atoms with Gasteiger partial charge in [0.1, 0.15) is 0 Å². The molecule has 0 aliphatic carbocycles. The summed E-state index contributed by atoms with van der Waals surface area (Å²) in [4.78, 5) is 15.9. The molecule has 0 aromatic carbocycles. The number of carbonyl (C=O) groups excluding carboxylic acids is 1. The summed E-state index contributed by atoms with van der Waals surface area (Å²) in [5.74, 6) is -0.0930. The number of rotatable bonds is 6. The van der Waals surface area contributed by atoms with E-state index in [2.05, 4.69) is 16.7 Å². The molecule has 0 saturated carbocycles. The van der Waals surface area contributed by atoms with Gasteiger partial charge in [0.05, 0.1) is 13.2 Å². The molecule has 1 fully saturated rings. The maximum absolute atomic E-state index is 11.3. The Morgan fingerprint density at radius 3 is 2.11 bits per heavy atom. The minimum atomic E-state index is -0.0930. The van der Waals surface area contributed by atoms with Crippen LogP contribution in [0.15, 0.2) is 0 Å². The molecule has 0 N–H and O–H groups in total. The third-order valence-corrected chi connectivity index (χ3v) is 2.95. The van der Waals surface area contributed by atoms with Crippen molar-refractivity contribution in [1.29, 1.82) is 0 Å². The van der Waals surface area contributed by atoms with E-state index in [1.54, 1.807) is 0 Å². The maximum atomic E-state index is 11.3. The van der Waals surface area contributed by atoms with Crippen molar-refractivity contribution in [3.63, 3.8) is 0 Å². The van der Waals surface area contributed by atoms with Gasteiger partial charge >= 0.3 is 5.97 Å². The minimum Gasteiger partial charge on any atom is -0.465 e. The summed E-state index contributed by atoms with van der Waals surface area (Å²) in [6.07, 6.45) is 2.53. The first-order valence-electron chi connectivity index (χ1n) is 6.36. The summed E-state index contributed by atoms with van der Waals surface area (Å²) >= 11 is 0. The third kappa shape index (κ3) is 8.14. The SMILES string of the molecule is CCCCN1CCN(CC(=O)OCC)CC1.Cl.Cl. The van der Waals surface area contributed by atoms with Gasteiger partial charge in [0.25, 0.3) is 0 Å². The molecule has 0 atom stereocenters. The number of carbonyl (C=O) groups is 1. The molecule has 0 aromatic rings. The van der Waals surface area contributed by atoms with E-state index in [0.29, 0.717) is 13.2 Å². The molecule has 0 unspecified atom stereocenters. The monoisotopic (exact) mass is 300 g/mol. The van der Waals surface area contributed by atoms with Crippen LogP contribution in [-0.2, 0) is 9.53 Å². The van der Waals surface area contributed by atoms with Crippen molar-refractivity contribution in [1.82, 2.24) is 9.80 Å². The Labute approximate surface area is 123 Å². The van der Waals surface area contributed by atoms with Crippen molar-refractivity contribution in [3.05, 3.63) is 0 Å². The molecule has 1 rings (SSSR count). The summed E-state index contributed by atoms with van der Waals surface area (Å²) in [7, 11) is 0. The van der Waals surface area contributed by atoms with E-state index in [9.17, 15) is 4.79 Å². The molecule has 110 valence electrons. The van der Waals surface area contributed by atoms with Crippen LogP contribution in [0.4, 0.5) is 0 Å². The van der Waals surface area contributed by atoms with Gasteiger partial charge < -0.3 is 9.64 Å². The first-order valence-corrected chi connectivity index (χ1v) is 6.36. The summed E-state index contributed by atoms with van der Waals surface area (Å²) in [6.45, 7) is 10.3. The summed E-state index contributed by atoms with van der Waals surface area (Å²) < 4.78 is 4.94. The highest BCUT2D eigenvalue weighted by Gasteiger charge is 2.18. The van der Waals surface area contributed by atoms with Gasteiger partial charge in [-0.2, -0.15) is 0 Å². The zero-order chi connectivity index (χ0) is 11.8. The van der Waals surface area contributed by atoms with Gasteiger partial charge in [-0.05, 0) is 19.9 Å². The highest BCUT2D eigenvalue weighted by molar-refractivity contribution is 5.85. The van der Waals surface area contributed by atoms with Gasteiger partial charge in [0, 0.05) is 26.2 Å². The topological polar surface area (TPSA) is 32.8 Å². The minimum absolute atomic E-state index is 0. The molecular weight excluding hydrogens is 275 g/mol. The molecule has 1 saturated heterocycles. The Morgan fingerprint density at radius 1 is 1.06 bits per heavy atom. The molecular formula is C12H26Cl2N2O2. The number of piperazine rings is 1. The van der Waals surface area contributed by atoms with Gasteiger partial charge in [-0.3, -0.25) is 9.69 Å². The zero-order valence-electron chi connectivity index (χ0n) is 11.4. The molecule has 0 aromatic heterocycles. The number of halogens is 2. The van der Waals surface area contributed by atoms with Crippen molar-refractivity contribution in [2.75, 3.05) is 45.9 Å². The Hall–Kier alpha value is -0.0300. The standard InChI is InChI=1S/C12H24N2O2.2ClH/c1-3-5-6-13-7-9-14(10-8-13)11-12(15)16-4-2;;/h3-11H2,1-2H3;2*1H. The van der Waals surface area contributed by atoms with Crippen LogP contribution in [0.25, 0.3) is 0 Å². The second-order valence-corrected chi connectivity index (χ2v) is 4.28. The van der Waals surface area contributed by atoms with Crippen LogP contribution < -0.4 is 0 Å². The fourth-order valence-corrected chi connectivity index (χ4v) is 1.94. The van der Waals surface area contributed by atoms with Gasteiger partial charge in [-0.1, -0.05) is 13.3 Å². The smallest absolute Gasteiger partial charge is 0.320 e. The lowest BCUT2D eigenvalue weighted by Crippen LogP contribution is -2.48. The fourth-order valence-electron chi connectivity index (χ4n) is 1.94. The Bertz CT molecular complexity index is 210. The number of esters is 1. The van der Waals surface area contributed by atoms with Crippen LogP contribution in [0, 0.1) is 0 Å². The van der Waals surface area contributed by atoms with E-state index in [1.807, 2.05) is 6.92 Å². The van der Waals surface area contributed by atoms with E-state index < -0.39 is 0 Å². The molecule has 18 heavy (non-hydrogen) atoms. The Kier molecular flexibility index (Phi) is 13.6. The normalized spacial score (nSPS) is 16.6. The molecule has 4 nitrogen and oxygen atoms in total. The quantitative estimate of drug-likeness (QED) is 0.701. The van der Waals surface area contributed by atoms with Crippen LogP contribution >= 0.6 is 24.8 Å². The number of ether oxygens (including phenoxy) is 1. The molecule has 1 aliphatic rings. The fraction of sp³-hybridized carbons (Fsp3) is 0.917. The zero-order valence-corrected chi connectivity index (χ0v) is 13.0. The lowest BCUT2D eigenvalue weighted by atomic mass is 10.2. The average molecular weight is 301 g/mol. The van der Waals surface area contributed by atoms with E-state index in [-0.39, 0.29) is 30.8 Å². The Morgan fingerprint density at radius 2 is 1.61 bits per heavy atom. The van der Waals surface area contributed by atoms with Crippen molar-refractivity contribution in [2.45, 2.75) is 26.7 Å². The highest BCUT2D eigenvalue weighted by Crippen LogP contribution is 2.03. The van der Waals surface area contributed by atoms with Crippen LogP contribution in [0.3, 0.4) is 0 Å². The predicted molar refractivity (Wildman–Crippen MR) is 78.9 cm³/mol. The summed E-state index contributed by atoms with van der Waals surface area (Å²) in [5, 5.41) is 0. The summed E-state index contributed by atoms with van der Waals surface area (Å²) in [6, 6.07) is 0. The van der Waals surface area contributed by atoms with Gasteiger partial charge in [0.15, 0.2) is 0 Å². The van der Waals surface area contributed by atoms with E-state index >= 15 is 0 Å². The van der Waals surface area contributed by atoms with Crippen molar-refractivity contribution in [3.8, 4) is 0 Å². The largest absolute Gasteiger partial charge is 0.465 e. The molecule has 0 amide bonds. The van der Waals surface area contributed by atoms with E-state index in [0.717, 1.165) is 26.2 Å². The highest BCUT2D eigenvalue weighted by atomic mass is 35.5. The van der Waals surface area contributed by atoms with Gasteiger partial charge in [0.2, 0.25) is 0 Å². The van der Waals surface area contributed by atoms with Crippen LogP contribution in [0.2, 0.25) is 0 Å². The average Bonchev–Trinajstić information content (AvgIpc) is 2.28. The molecule has 0 bridgehead atoms. The van der Waals surface area contributed by atoms with Crippen molar-refractivity contribution in [2.24, 2.45) is 0 Å². The predicted octanol–water partition coefficient (Wildman–Crippen LogP) is 1.81. The number of hydrogen-bond acceptors (Lipinski definition) is 4. The molecule has 0 spiro atoms. The second-order valence-electron chi connectivity index (χ2n) is 4.28. The first-order chi connectivity index (χ1) is 7.76. The van der Waals surface area contributed by atoms with Gasteiger partial charge in [-0.15, -0.1) is 24.8 Å². The lowest BCUT2D eigenvalue weighted by molar-refractivity contribution is -0.144. The molecule has 1 heterocycles.